The Hall–Kier alpha value is -1.26. The van der Waals surface area contributed by atoms with Gasteiger partial charge in [0.2, 0.25) is 0 Å². The molecule has 3 N–H and O–H groups in total. The first-order valence-corrected chi connectivity index (χ1v) is 8.15. The van der Waals surface area contributed by atoms with Crippen molar-refractivity contribution < 1.29 is 14.7 Å². The van der Waals surface area contributed by atoms with E-state index in [1.54, 1.807) is 0 Å². The third kappa shape index (κ3) is 4.11. The van der Waals surface area contributed by atoms with Gasteiger partial charge in [-0.25, -0.2) is 9.59 Å². The fourth-order valence-electron chi connectivity index (χ4n) is 3.72. The third-order valence-corrected chi connectivity index (χ3v) is 5.02. The summed E-state index contributed by atoms with van der Waals surface area (Å²) >= 11 is 0. The number of hydrogen-bond donors (Lipinski definition) is 3. The maximum atomic E-state index is 12.2. The third-order valence-electron chi connectivity index (χ3n) is 5.02. The quantitative estimate of drug-likeness (QED) is 0.700. The second kappa shape index (κ2) is 6.24. The molecule has 1 unspecified atom stereocenters. The molecule has 2 amide bonds. The lowest BCUT2D eigenvalue weighted by Gasteiger charge is -2.30. The van der Waals surface area contributed by atoms with Crippen LogP contribution in [0.2, 0.25) is 0 Å². The minimum Gasteiger partial charge on any atom is -0.480 e. The summed E-state index contributed by atoms with van der Waals surface area (Å²) in [5.41, 5.74) is -0.806. The van der Waals surface area contributed by atoms with E-state index in [-0.39, 0.29) is 17.5 Å². The molecule has 5 heteroatoms. The Morgan fingerprint density at radius 2 is 1.67 bits per heavy atom. The highest BCUT2D eigenvalue weighted by molar-refractivity contribution is 5.86. The van der Waals surface area contributed by atoms with Crippen LogP contribution in [0.15, 0.2) is 0 Å². The van der Waals surface area contributed by atoms with E-state index in [1.807, 2.05) is 0 Å². The Bertz CT molecular complexity index is 398. The predicted molar refractivity (Wildman–Crippen MR) is 81.2 cm³/mol. The molecule has 5 nitrogen and oxygen atoms in total. The fraction of sp³-hybridized carbons (Fsp3) is 0.875. The van der Waals surface area contributed by atoms with Gasteiger partial charge >= 0.3 is 12.0 Å². The number of carbonyl (C=O) groups excluding carboxylic acids is 1. The normalized spacial score (nSPS) is 27.6. The van der Waals surface area contributed by atoms with Crippen LogP contribution in [0.4, 0.5) is 4.79 Å². The van der Waals surface area contributed by atoms with Gasteiger partial charge < -0.3 is 15.7 Å². The number of amides is 2. The average molecular weight is 296 g/mol. The molecule has 0 aromatic carbocycles. The zero-order valence-corrected chi connectivity index (χ0v) is 13.2. The van der Waals surface area contributed by atoms with Gasteiger partial charge in [-0.05, 0) is 37.5 Å². The molecule has 0 saturated heterocycles. The number of carboxylic acids is 1. The number of nitrogens with one attached hydrogen (secondary N) is 2. The standard InChI is InChI=1S/C16H28N2O3/c1-15(2)10-7-12(11-15)17-14(21)18-16(13(19)20)8-5-3-4-6-9-16/h12H,3-11H2,1-2H3,(H,19,20)(H2,17,18,21). The van der Waals surface area contributed by atoms with Crippen molar-refractivity contribution in [2.45, 2.75) is 83.2 Å². The van der Waals surface area contributed by atoms with E-state index in [4.69, 9.17) is 0 Å². The van der Waals surface area contributed by atoms with Crippen LogP contribution >= 0.6 is 0 Å². The number of hydrogen-bond acceptors (Lipinski definition) is 2. The van der Waals surface area contributed by atoms with Crippen molar-refractivity contribution in [3.8, 4) is 0 Å². The molecule has 2 rings (SSSR count). The van der Waals surface area contributed by atoms with Gasteiger partial charge in [0.05, 0.1) is 0 Å². The van der Waals surface area contributed by atoms with E-state index in [1.165, 1.54) is 0 Å². The average Bonchev–Trinajstić information content (AvgIpc) is 2.61. The van der Waals surface area contributed by atoms with Crippen LogP contribution in [0.5, 0.6) is 0 Å². The van der Waals surface area contributed by atoms with E-state index in [9.17, 15) is 14.7 Å². The molecule has 0 aromatic heterocycles. The minimum atomic E-state index is -1.07. The Morgan fingerprint density at radius 3 is 2.14 bits per heavy atom. The number of urea groups is 1. The lowest BCUT2D eigenvalue weighted by atomic mass is 9.90. The number of carboxylic acid groups (broad SMARTS) is 1. The molecular weight excluding hydrogens is 268 g/mol. The molecule has 2 aliphatic rings. The van der Waals surface area contributed by atoms with Crippen molar-refractivity contribution in [2.24, 2.45) is 5.41 Å². The summed E-state index contributed by atoms with van der Waals surface area (Å²) in [4.78, 5) is 23.9. The summed E-state index contributed by atoms with van der Waals surface area (Å²) in [5, 5.41) is 15.3. The SMILES string of the molecule is CC1(C)CCC(NC(=O)NC2(C(=O)O)CCCCCC2)C1. The second-order valence-electron chi connectivity index (χ2n) is 7.50. The smallest absolute Gasteiger partial charge is 0.329 e. The van der Waals surface area contributed by atoms with E-state index >= 15 is 0 Å². The highest BCUT2D eigenvalue weighted by atomic mass is 16.4. The molecular formula is C16H28N2O3. The summed E-state index contributed by atoms with van der Waals surface area (Å²) in [6, 6.07) is -0.154. The van der Waals surface area contributed by atoms with Crippen molar-refractivity contribution in [3.05, 3.63) is 0 Å². The van der Waals surface area contributed by atoms with Gasteiger partial charge in [-0.15, -0.1) is 0 Å². The van der Waals surface area contributed by atoms with E-state index in [0.29, 0.717) is 12.8 Å². The maximum absolute atomic E-state index is 12.2. The number of carbonyl (C=O) groups is 2. The monoisotopic (exact) mass is 296 g/mol. The summed E-state index contributed by atoms with van der Waals surface area (Å²) in [6.45, 7) is 4.41. The van der Waals surface area contributed by atoms with E-state index in [2.05, 4.69) is 24.5 Å². The molecule has 2 fully saturated rings. The zero-order valence-electron chi connectivity index (χ0n) is 13.2. The lowest BCUT2D eigenvalue weighted by molar-refractivity contribution is -0.145. The Balaban J connectivity index is 1.94. The Kier molecular flexibility index (Phi) is 4.79. The van der Waals surface area contributed by atoms with Gasteiger partial charge in [0.1, 0.15) is 5.54 Å². The first kappa shape index (κ1) is 16.1. The van der Waals surface area contributed by atoms with Gasteiger partial charge in [-0.1, -0.05) is 39.5 Å². The minimum absolute atomic E-state index is 0.164. The first-order valence-electron chi connectivity index (χ1n) is 8.15. The molecule has 0 heterocycles. The molecule has 1 atom stereocenters. The van der Waals surface area contributed by atoms with Crippen LogP contribution in [-0.2, 0) is 4.79 Å². The van der Waals surface area contributed by atoms with Gasteiger partial charge in [0.15, 0.2) is 0 Å². The van der Waals surface area contributed by atoms with Crippen molar-refractivity contribution in [1.29, 1.82) is 0 Å². The Morgan fingerprint density at radius 1 is 1.05 bits per heavy atom. The Labute approximate surface area is 126 Å². The number of aliphatic carboxylic acids is 1. The maximum Gasteiger partial charge on any atom is 0.329 e. The first-order chi connectivity index (χ1) is 9.83. The molecule has 0 bridgehead atoms. The molecule has 120 valence electrons. The van der Waals surface area contributed by atoms with E-state index < -0.39 is 11.5 Å². The zero-order chi connectivity index (χ0) is 15.5. The van der Waals surface area contributed by atoms with Gasteiger partial charge in [-0.2, -0.15) is 0 Å². The van der Waals surface area contributed by atoms with Gasteiger partial charge in [0, 0.05) is 6.04 Å². The van der Waals surface area contributed by atoms with Crippen molar-refractivity contribution in [1.82, 2.24) is 10.6 Å². The molecule has 0 spiro atoms. The molecule has 0 radical (unpaired) electrons. The van der Waals surface area contributed by atoms with Gasteiger partial charge in [-0.3, -0.25) is 0 Å². The van der Waals surface area contributed by atoms with Crippen molar-refractivity contribution in [3.63, 3.8) is 0 Å². The summed E-state index contributed by atoms with van der Waals surface area (Å²) in [5.74, 6) is -0.897. The summed E-state index contributed by atoms with van der Waals surface area (Å²) < 4.78 is 0. The van der Waals surface area contributed by atoms with Crippen LogP contribution in [-0.4, -0.2) is 28.7 Å². The molecule has 2 saturated carbocycles. The lowest BCUT2D eigenvalue weighted by Crippen LogP contribution is -2.58. The number of rotatable bonds is 3. The fourth-order valence-corrected chi connectivity index (χ4v) is 3.72. The summed E-state index contributed by atoms with van der Waals surface area (Å²) in [7, 11) is 0. The van der Waals surface area contributed by atoms with Crippen LogP contribution < -0.4 is 10.6 Å². The van der Waals surface area contributed by atoms with Gasteiger partial charge in [0.25, 0.3) is 0 Å². The topological polar surface area (TPSA) is 78.4 Å². The predicted octanol–water partition coefficient (Wildman–Crippen LogP) is 3.04. The molecule has 2 aliphatic carbocycles. The molecule has 0 aliphatic heterocycles. The highest BCUT2D eigenvalue weighted by Gasteiger charge is 2.41. The van der Waals surface area contributed by atoms with Crippen LogP contribution in [0, 0.1) is 5.41 Å². The van der Waals surface area contributed by atoms with Crippen LogP contribution in [0.25, 0.3) is 0 Å². The molecule has 21 heavy (non-hydrogen) atoms. The van der Waals surface area contributed by atoms with Crippen LogP contribution in [0.1, 0.15) is 71.6 Å². The molecule has 0 aromatic rings. The van der Waals surface area contributed by atoms with E-state index in [0.717, 1.165) is 44.9 Å². The van der Waals surface area contributed by atoms with Crippen molar-refractivity contribution >= 4 is 12.0 Å². The summed E-state index contributed by atoms with van der Waals surface area (Å²) in [6.07, 6.45) is 7.93. The highest BCUT2D eigenvalue weighted by Crippen LogP contribution is 2.37. The van der Waals surface area contributed by atoms with Crippen LogP contribution in [0.3, 0.4) is 0 Å². The van der Waals surface area contributed by atoms with Crippen molar-refractivity contribution in [2.75, 3.05) is 0 Å². The largest absolute Gasteiger partial charge is 0.480 e. The second-order valence-corrected chi connectivity index (χ2v) is 7.50.